The Morgan fingerprint density at radius 2 is 2.30 bits per heavy atom. The number of carbonyl (C=O) groups excluding carboxylic acids is 1. The fourth-order valence-electron chi connectivity index (χ4n) is 2.05. The number of amides is 1. The number of nitrogens with two attached hydrogens (primary N) is 1. The first-order valence-electron chi connectivity index (χ1n) is 5.55. The average molecular weight is 299 g/mol. The Bertz CT molecular complexity index is 699. The van der Waals surface area contributed by atoms with Gasteiger partial charge in [0.15, 0.2) is 5.82 Å². The minimum Gasteiger partial charge on any atom is -0.368 e. The summed E-state index contributed by atoms with van der Waals surface area (Å²) < 4.78 is 33.9. The van der Waals surface area contributed by atoms with Crippen LogP contribution in [0.1, 0.15) is 12.0 Å². The number of nitrogen functional groups attached to an aromatic ring is 1. The molecule has 1 aliphatic rings. The molecular formula is C10H10FN5O3S. The smallest absolute Gasteiger partial charge is 0.302 e. The maximum atomic E-state index is 12.7. The van der Waals surface area contributed by atoms with Crippen LogP contribution in [0.2, 0.25) is 0 Å². The number of rotatable bonds is 3. The van der Waals surface area contributed by atoms with Crippen molar-refractivity contribution in [1.82, 2.24) is 9.97 Å². The third kappa shape index (κ3) is 3.00. The van der Waals surface area contributed by atoms with E-state index in [4.69, 9.17) is 11.0 Å². The zero-order valence-corrected chi connectivity index (χ0v) is 11.0. The molecule has 0 aliphatic carbocycles. The fourth-order valence-corrected chi connectivity index (χ4v) is 2.84. The second kappa shape index (κ2) is 5.01. The first-order valence-corrected chi connectivity index (χ1v) is 7.10. The normalized spacial score (nSPS) is 19.1. The molecule has 1 atom stereocenters. The van der Waals surface area contributed by atoms with Crippen molar-refractivity contribution in [2.45, 2.75) is 6.42 Å². The second-order valence-electron chi connectivity index (χ2n) is 4.36. The van der Waals surface area contributed by atoms with Crippen LogP contribution < -0.4 is 10.6 Å². The molecule has 1 aromatic rings. The molecule has 1 amide bonds. The van der Waals surface area contributed by atoms with Gasteiger partial charge < -0.3 is 5.73 Å². The Morgan fingerprint density at radius 3 is 2.90 bits per heavy atom. The molecule has 0 radical (unpaired) electrons. The van der Waals surface area contributed by atoms with E-state index in [1.165, 1.54) is 6.20 Å². The topological polar surface area (TPSA) is 130 Å². The Hall–Kier alpha value is -2.28. The average Bonchev–Trinajstić information content (AvgIpc) is 2.67. The van der Waals surface area contributed by atoms with Crippen LogP contribution >= 0.6 is 0 Å². The monoisotopic (exact) mass is 299 g/mol. The van der Waals surface area contributed by atoms with E-state index in [-0.39, 0.29) is 30.3 Å². The van der Waals surface area contributed by atoms with Gasteiger partial charge in [-0.2, -0.15) is 18.7 Å². The van der Waals surface area contributed by atoms with Crippen LogP contribution in [0.15, 0.2) is 6.20 Å². The summed E-state index contributed by atoms with van der Waals surface area (Å²) in [7, 11) is -4.66. The molecule has 0 aromatic carbocycles. The van der Waals surface area contributed by atoms with Crippen LogP contribution in [-0.4, -0.2) is 36.6 Å². The molecule has 1 unspecified atom stereocenters. The lowest BCUT2D eigenvalue weighted by Crippen LogP contribution is -2.27. The lowest BCUT2D eigenvalue weighted by Gasteiger charge is -2.16. The quantitative estimate of drug-likeness (QED) is 0.750. The maximum absolute atomic E-state index is 12.7. The first-order chi connectivity index (χ1) is 9.30. The summed E-state index contributed by atoms with van der Waals surface area (Å²) >= 11 is 0. The molecule has 1 saturated heterocycles. The fraction of sp³-hybridized carbons (Fsp3) is 0.400. The van der Waals surface area contributed by atoms with Crippen LogP contribution in [0, 0.1) is 17.2 Å². The van der Waals surface area contributed by atoms with Crippen molar-refractivity contribution in [3.8, 4) is 6.07 Å². The van der Waals surface area contributed by atoms with Crippen molar-refractivity contribution in [2.24, 2.45) is 5.92 Å². The number of aromatic nitrogens is 2. The molecule has 2 rings (SSSR count). The Labute approximate surface area is 114 Å². The summed E-state index contributed by atoms with van der Waals surface area (Å²) in [5.74, 6) is -1.96. The standard InChI is InChI=1S/C10H10FN5O3S/c11-20(18,19)5-6-1-8(17)16(4-6)9-7(2-12)3-14-10(13)15-9/h3,6H,1,4-5H2,(H2,13,14,15). The molecule has 106 valence electrons. The summed E-state index contributed by atoms with van der Waals surface area (Å²) in [6, 6.07) is 1.82. The van der Waals surface area contributed by atoms with E-state index in [0.29, 0.717) is 0 Å². The summed E-state index contributed by atoms with van der Waals surface area (Å²) in [6.07, 6.45) is 1.04. The molecule has 8 nitrogen and oxygen atoms in total. The van der Waals surface area contributed by atoms with Crippen molar-refractivity contribution >= 4 is 27.9 Å². The molecule has 1 fully saturated rings. The molecule has 1 aromatic heterocycles. The van der Waals surface area contributed by atoms with Gasteiger partial charge in [-0.3, -0.25) is 9.69 Å². The van der Waals surface area contributed by atoms with Crippen LogP contribution in [0.4, 0.5) is 15.7 Å². The van der Waals surface area contributed by atoms with Gasteiger partial charge in [0, 0.05) is 18.9 Å². The van der Waals surface area contributed by atoms with E-state index >= 15 is 0 Å². The van der Waals surface area contributed by atoms with Gasteiger partial charge in [-0.1, -0.05) is 0 Å². The minimum atomic E-state index is -4.66. The Kier molecular flexibility index (Phi) is 3.54. The highest BCUT2D eigenvalue weighted by molar-refractivity contribution is 7.86. The van der Waals surface area contributed by atoms with Crippen molar-refractivity contribution in [1.29, 1.82) is 5.26 Å². The van der Waals surface area contributed by atoms with Crippen molar-refractivity contribution in [2.75, 3.05) is 22.9 Å². The van der Waals surface area contributed by atoms with Crippen LogP contribution in [0.3, 0.4) is 0 Å². The molecule has 0 saturated carbocycles. The number of nitrogens with zero attached hydrogens (tertiary/aromatic N) is 4. The highest BCUT2D eigenvalue weighted by Crippen LogP contribution is 2.27. The van der Waals surface area contributed by atoms with Gasteiger partial charge >= 0.3 is 10.2 Å². The second-order valence-corrected chi connectivity index (χ2v) is 5.77. The third-order valence-electron chi connectivity index (χ3n) is 2.80. The van der Waals surface area contributed by atoms with Crippen LogP contribution in [0.5, 0.6) is 0 Å². The zero-order chi connectivity index (χ0) is 14.9. The SMILES string of the molecule is N#Cc1cnc(N)nc1N1CC(CS(=O)(=O)F)CC1=O. The van der Waals surface area contributed by atoms with Gasteiger partial charge in [0.1, 0.15) is 11.6 Å². The lowest BCUT2D eigenvalue weighted by molar-refractivity contribution is -0.117. The van der Waals surface area contributed by atoms with E-state index < -0.39 is 27.8 Å². The van der Waals surface area contributed by atoms with Crippen LogP contribution in [-0.2, 0) is 15.0 Å². The molecular weight excluding hydrogens is 289 g/mol. The number of anilines is 2. The minimum absolute atomic E-state index is 0.0174. The molecule has 0 spiro atoms. The van der Waals surface area contributed by atoms with E-state index in [2.05, 4.69) is 9.97 Å². The predicted octanol–water partition coefficient (Wildman–Crippen LogP) is -0.417. The molecule has 10 heteroatoms. The summed E-state index contributed by atoms with van der Waals surface area (Å²) in [5.41, 5.74) is 5.44. The van der Waals surface area contributed by atoms with E-state index in [0.717, 1.165) is 4.90 Å². The Morgan fingerprint density at radius 1 is 1.60 bits per heavy atom. The highest BCUT2D eigenvalue weighted by Gasteiger charge is 2.35. The van der Waals surface area contributed by atoms with Gasteiger partial charge in [-0.15, -0.1) is 3.89 Å². The van der Waals surface area contributed by atoms with Crippen molar-refractivity contribution in [3.63, 3.8) is 0 Å². The molecule has 0 bridgehead atoms. The summed E-state index contributed by atoms with van der Waals surface area (Å²) in [6.45, 7) is -0.0346. The zero-order valence-electron chi connectivity index (χ0n) is 10.2. The number of nitriles is 1. The van der Waals surface area contributed by atoms with E-state index in [9.17, 15) is 17.1 Å². The van der Waals surface area contributed by atoms with Crippen LogP contribution in [0.25, 0.3) is 0 Å². The molecule has 2 heterocycles. The Balaban J connectivity index is 2.29. The van der Waals surface area contributed by atoms with Gasteiger partial charge in [0.25, 0.3) is 0 Å². The lowest BCUT2D eigenvalue weighted by atomic mass is 10.1. The summed E-state index contributed by atoms with van der Waals surface area (Å²) in [4.78, 5) is 20.4. The highest BCUT2D eigenvalue weighted by atomic mass is 32.3. The van der Waals surface area contributed by atoms with E-state index in [1.807, 2.05) is 6.07 Å². The van der Waals surface area contributed by atoms with Gasteiger partial charge in [-0.05, 0) is 0 Å². The van der Waals surface area contributed by atoms with Crippen molar-refractivity contribution < 1.29 is 17.1 Å². The first kappa shape index (κ1) is 14.1. The van der Waals surface area contributed by atoms with Gasteiger partial charge in [0.05, 0.1) is 11.9 Å². The van der Waals surface area contributed by atoms with Gasteiger partial charge in [-0.25, -0.2) is 4.98 Å². The summed E-state index contributed by atoms with van der Waals surface area (Å²) in [5, 5.41) is 8.94. The molecule has 2 N–H and O–H groups in total. The van der Waals surface area contributed by atoms with E-state index in [1.54, 1.807) is 0 Å². The molecule has 1 aliphatic heterocycles. The maximum Gasteiger partial charge on any atom is 0.302 e. The number of hydrogen-bond acceptors (Lipinski definition) is 7. The number of carbonyl (C=O) groups is 1. The van der Waals surface area contributed by atoms with Crippen molar-refractivity contribution in [3.05, 3.63) is 11.8 Å². The number of hydrogen-bond donors (Lipinski definition) is 1. The van der Waals surface area contributed by atoms with Gasteiger partial charge in [0.2, 0.25) is 11.9 Å². The predicted molar refractivity (Wildman–Crippen MR) is 66.5 cm³/mol. The number of halogens is 1. The molecule has 20 heavy (non-hydrogen) atoms. The third-order valence-corrected chi connectivity index (χ3v) is 3.67. The largest absolute Gasteiger partial charge is 0.368 e.